The second kappa shape index (κ2) is 10.1. The van der Waals surface area contributed by atoms with E-state index in [0.29, 0.717) is 30.6 Å². The molecule has 7 nitrogen and oxygen atoms in total. The minimum Gasteiger partial charge on any atom is -0.342 e. The lowest BCUT2D eigenvalue weighted by molar-refractivity contribution is -0.131. The summed E-state index contributed by atoms with van der Waals surface area (Å²) in [5.41, 5.74) is 1.52. The van der Waals surface area contributed by atoms with Crippen LogP contribution in [0.2, 0.25) is 0 Å². The number of rotatable bonds is 6. The highest BCUT2D eigenvalue weighted by atomic mass is 19.1. The smallest absolute Gasteiger partial charge is 0.227 e. The van der Waals surface area contributed by atoms with Crippen LogP contribution in [0.3, 0.4) is 0 Å². The Morgan fingerprint density at radius 2 is 1.80 bits per heavy atom. The molecule has 1 fully saturated rings. The van der Waals surface area contributed by atoms with Gasteiger partial charge in [-0.25, -0.2) is 18.7 Å². The predicted molar refractivity (Wildman–Crippen MR) is 130 cm³/mol. The van der Waals surface area contributed by atoms with Crippen molar-refractivity contribution in [2.45, 2.75) is 58.8 Å². The van der Waals surface area contributed by atoms with Gasteiger partial charge in [0, 0.05) is 47.6 Å². The Bertz CT molecular complexity index is 1170. The zero-order valence-electron chi connectivity index (χ0n) is 20.7. The van der Waals surface area contributed by atoms with Gasteiger partial charge in [0.1, 0.15) is 23.3 Å². The number of benzene rings is 1. The summed E-state index contributed by atoms with van der Waals surface area (Å²) in [6, 6.07) is 7.54. The summed E-state index contributed by atoms with van der Waals surface area (Å²) >= 11 is 0. The maximum absolute atomic E-state index is 13.9. The maximum Gasteiger partial charge on any atom is 0.227 e. The standard InChI is InChI=1S/C26H32F2N6O/c1-16-12-23(33-32-16)30-22-14-18(29-25(31-22)26(2,3)4)13-17-8-10-34(11-9-17)24(35)15-19-20(27)6-5-7-21(19)28/h5-7,12,14,17H,8-11,13,15H2,1-4H3,(H2,29,30,31,32,33). The average molecular weight is 483 g/mol. The molecule has 186 valence electrons. The lowest BCUT2D eigenvalue weighted by Crippen LogP contribution is -2.40. The van der Waals surface area contributed by atoms with Crippen molar-refractivity contribution in [3.63, 3.8) is 0 Å². The van der Waals surface area contributed by atoms with E-state index in [0.717, 1.165) is 36.5 Å². The first-order chi connectivity index (χ1) is 16.6. The highest BCUT2D eigenvalue weighted by Crippen LogP contribution is 2.26. The van der Waals surface area contributed by atoms with Crippen molar-refractivity contribution in [3.8, 4) is 0 Å². The molecule has 0 aliphatic carbocycles. The number of amides is 1. The maximum atomic E-state index is 13.9. The fraction of sp³-hybridized carbons (Fsp3) is 0.462. The van der Waals surface area contributed by atoms with E-state index in [-0.39, 0.29) is 23.3 Å². The van der Waals surface area contributed by atoms with Crippen LogP contribution in [0.5, 0.6) is 0 Å². The molecule has 1 aromatic carbocycles. The molecule has 3 heterocycles. The number of likely N-dealkylation sites (tertiary alicyclic amines) is 1. The van der Waals surface area contributed by atoms with Gasteiger partial charge in [0.2, 0.25) is 5.91 Å². The van der Waals surface area contributed by atoms with Gasteiger partial charge in [0.25, 0.3) is 0 Å². The molecule has 4 rings (SSSR count). The third kappa shape index (κ3) is 6.21. The van der Waals surface area contributed by atoms with Crippen molar-refractivity contribution in [1.29, 1.82) is 0 Å². The van der Waals surface area contributed by atoms with E-state index in [1.54, 1.807) is 4.90 Å². The third-order valence-corrected chi connectivity index (χ3v) is 6.27. The van der Waals surface area contributed by atoms with Crippen molar-refractivity contribution < 1.29 is 13.6 Å². The third-order valence-electron chi connectivity index (χ3n) is 6.27. The molecule has 9 heteroatoms. The number of hydrogen-bond acceptors (Lipinski definition) is 5. The second-order valence-electron chi connectivity index (χ2n) is 10.3. The predicted octanol–water partition coefficient (Wildman–Crippen LogP) is 4.85. The Balaban J connectivity index is 1.40. The van der Waals surface area contributed by atoms with E-state index in [9.17, 15) is 13.6 Å². The highest BCUT2D eigenvalue weighted by Gasteiger charge is 2.26. The number of H-pyrrole nitrogens is 1. The fourth-order valence-corrected chi connectivity index (χ4v) is 4.26. The Hall–Kier alpha value is -3.36. The van der Waals surface area contributed by atoms with Gasteiger partial charge in [0.05, 0.1) is 6.42 Å². The second-order valence-corrected chi connectivity index (χ2v) is 10.3. The molecule has 1 aliphatic heterocycles. The summed E-state index contributed by atoms with van der Waals surface area (Å²) in [4.78, 5) is 23.9. The zero-order valence-corrected chi connectivity index (χ0v) is 20.7. The summed E-state index contributed by atoms with van der Waals surface area (Å²) in [6.07, 6.45) is 2.12. The van der Waals surface area contributed by atoms with Gasteiger partial charge in [0.15, 0.2) is 5.82 Å². The van der Waals surface area contributed by atoms with Gasteiger partial charge >= 0.3 is 0 Å². The molecule has 0 spiro atoms. The van der Waals surface area contributed by atoms with Gasteiger partial charge < -0.3 is 10.2 Å². The minimum atomic E-state index is -0.680. The van der Waals surface area contributed by atoms with E-state index in [2.05, 4.69) is 36.3 Å². The topological polar surface area (TPSA) is 86.8 Å². The van der Waals surface area contributed by atoms with Crippen LogP contribution in [0, 0.1) is 24.5 Å². The first kappa shape index (κ1) is 24.8. The molecule has 0 unspecified atom stereocenters. The van der Waals surface area contributed by atoms with Crippen LogP contribution in [0.4, 0.5) is 20.4 Å². The van der Waals surface area contributed by atoms with E-state index >= 15 is 0 Å². The number of piperidine rings is 1. The SMILES string of the molecule is Cc1cc(Nc2cc(CC3CCN(C(=O)Cc4c(F)cccc4F)CC3)nc(C(C)(C)C)n2)n[nH]1. The van der Waals surface area contributed by atoms with E-state index in [1.807, 2.05) is 19.1 Å². The molecule has 3 aromatic rings. The number of anilines is 2. The summed E-state index contributed by atoms with van der Waals surface area (Å²) in [6.45, 7) is 9.31. The van der Waals surface area contributed by atoms with Crippen molar-refractivity contribution >= 4 is 17.5 Å². The van der Waals surface area contributed by atoms with Crippen LogP contribution >= 0.6 is 0 Å². The number of aromatic amines is 1. The molecular formula is C26H32F2N6O. The van der Waals surface area contributed by atoms with E-state index < -0.39 is 11.6 Å². The van der Waals surface area contributed by atoms with Gasteiger partial charge in [-0.05, 0) is 44.2 Å². The fourth-order valence-electron chi connectivity index (χ4n) is 4.26. The normalized spacial score (nSPS) is 14.9. The highest BCUT2D eigenvalue weighted by molar-refractivity contribution is 5.79. The Morgan fingerprint density at radius 1 is 1.11 bits per heavy atom. The van der Waals surface area contributed by atoms with Crippen LogP contribution in [0.15, 0.2) is 30.3 Å². The molecule has 1 amide bonds. The van der Waals surface area contributed by atoms with Crippen LogP contribution in [0.25, 0.3) is 0 Å². The van der Waals surface area contributed by atoms with Crippen LogP contribution < -0.4 is 5.32 Å². The van der Waals surface area contributed by atoms with Crippen molar-refractivity contribution in [1.82, 2.24) is 25.1 Å². The van der Waals surface area contributed by atoms with Crippen molar-refractivity contribution in [3.05, 3.63) is 64.7 Å². The monoisotopic (exact) mass is 482 g/mol. The number of aryl methyl sites for hydroxylation is 1. The Morgan fingerprint density at radius 3 is 2.40 bits per heavy atom. The van der Waals surface area contributed by atoms with E-state index in [4.69, 9.17) is 9.97 Å². The lowest BCUT2D eigenvalue weighted by Gasteiger charge is -2.32. The quantitative estimate of drug-likeness (QED) is 0.525. The van der Waals surface area contributed by atoms with Crippen LogP contribution in [0.1, 0.15) is 56.4 Å². The summed E-state index contributed by atoms with van der Waals surface area (Å²) in [7, 11) is 0. The van der Waals surface area contributed by atoms with Gasteiger partial charge in [-0.15, -0.1) is 0 Å². The number of halogens is 2. The first-order valence-electron chi connectivity index (χ1n) is 12.0. The molecule has 35 heavy (non-hydrogen) atoms. The van der Waals surface area contributed by atoms with Gasteiger partial charge in [-0.2, -0.15) is 5.10 Å². The number of aromatic nitrogens is 4. The molecule has 0 bridgehead atoms. The zero-order chi connectivity index (χ0) is 25.2. The first-order valence-corrected chi connectivity index (χ1v) is 12.0. The summed E-state index contributed by atoms with van der Waals surface area (Å²) in [5.74, 6) is 0.903. The van der Waals surface area contributed by atoms with Gasteiger partial charge in [-0.3, -0.25) is 9.89 Å². The largest absolute Gasteiger partial charge is 0.342 e. The molecule has 0 saturated carbocycles. The van der Waals surface area contributed by atoms with Crippen molar-refractivity contribution in [2.75, 3.05) is 18.4 Å². The molecule has 1 saturated heterocycles. The molecule has 2 N–H and O–H groups in total. The molecule has 2 aromatic heterocycles. The Labute approximate surface area is 204 Å². The minimum absolute atomic E-state index is 0.164. The molecule has 1 aliphatic rings. The van der Waals surface area contributed by atoms with Crippen LogP contribution in [-0.4, -0.2) is 44.1 Å². The summed E-state index contributed by atoms with van der Waals surface area (Å²) < 4.78 is 27.9. The van der Waals surface area contributed by atoms with Crippen molar-refractivity contribution in [2.24, 2.45) is 5.92 Å². The number of carbonyl (C=O) groups excluding carboxylic acids is 1. The Kier molecular flexibility index (Phi) is 7.14. The lowest BCUT2D eigenvalue weighted by atomic mass is 9.91. The average Bonchev–Trinajstić information content (AvgIpc) is 3.20. The molecular weight excluding hydrogens is 450 g/mol. The number of nitrogens with zero attached hydrogens (tertiary/aromatic N) is 4. The molecule has 0 atom stereocenters. The number of nitrogens with one attached hydrogen (secondary N) is 2. The molecule has 0 radical (unpaired) electrons. The van der Waals surface area contributed by atoms with Crippen LogP contribution in [-0.2, 0) is 23.1 Å². The van der Waals surface area contributed by atoms with E-state index in [1.165, 1.54) is 18.2 Å². The number of hydrogen-bond donors (Lipinski definition) is 2. The number of carbonyl (C=O) groups is 1. The van der Waals surface area contributed by atoms with Gasteiger partial charge in [-0.1, -0.05) is 26.8 Å². The summed E-state index contributed by atoms with van der Waals surface area (Å²) in [5, 5.41) is 10.4.